The van der Waals surface area contributed by atoms with Crippen molar-refractivity contribution in [3.63, 3.8) is 0 Å². The Hall–Kier alpha value is -1.35. The molecule has 0 amide bonds. The van der Waals surface area contributed by atoms with Crippen LogP contribution in [0.15, 0.2) is 18.2 Å². The Balaban J connectivity index is 2.12. The number of hydrogen-bond acceptors (Lipinski definition) is 2. The number of likely N-dealkylation sites (tertiary alicyclic amines) is 1. The van der Waals surface area contributed by atoms with Crippen molar-refractivity contribution in [1.29, 1.82) is 0 Å². The Bertz CT molecular complexity index is 450. The van der Waals surface area contributed by atoms with E-state index in [0.29, 0.717) is 0 Å². The number of rotatable bonds is 5. The van der Waals surface area contributed by atoms with Gasteiger partial charge in [0.05, 0.1) is 6.42 Å². The number of hydrogen-bond donors (Lipinski definition) is 1. The van der Waals surface area contributed by atoms with E-state index >= 15 is 0 Å². The molecule has 0 aliphatic carbocycles. The molecule has 1 atom stereocenters. The number of nitrogens with zero attached hydrogens (tertiary/aromatic N) is 1. The maximum absolute atomic E-state index is 11.1. The van der Waals surface area contributed by atoms with Crippen molar-refractivity contribution in [2.45, 2.75) is 45.6 Å². The molecular weight excluding hydrogens is 238 g/mol. The first-order valence-corrected chi connectivity index (χ1v) is 7.08. The van der Waals surface area contributed by atoms with Gasteiger partial charge in [-0.2, -0.15) is 0 Å². The number of carboxylic acids is 1. The van der Waals surface area contributed by atoms with Crippen LogP contribution in [0.1, 0.15) is 36.0 Å². The Morgan fingerprint density at radius 3 is 2.58 bits per heavy atom. The third-order valence-corrected chi connectivity index (χ3v) is 4.02. The first-order chi connectivity index (χ1) is 9.06. The monoisotopic (exact) mass is 261 g/mol. The molecule has 1 N–H and O–H groups in total. The molecule has 3 nitrogen and oxygen atoms in total. The minimum absolute atomic E-state index is 0.140. The zero-order chi connectivity index (χ0) is 13.8. The summed E-state index contributed by atoms with van der Waals surface area (Å²) in [6, 6.07) is 6.58. The Morgan fingerprint density at radius 1 is 1.32 bits per heavy atom. The number of carboxylic acid groups (broad SMARTS) is 1. The average Bonchev–Trinajstić information content (AvgIpc) is 2.84. The van der Waals surface area contributed by atoms with E-state index in [1.165, 1.54) is 29.5 Å². The number of benzene rings is 1. The van der Waals surface area contributed by atoms with Crippen molar-refractivity contribution in [2.24, 2.45) is 0 Å². The number of aliphatic carboxylic acids is 1. The van der Waals surface area contributed by atoms with E-state index in [1.54, 1.807) is 0 Å². The molecule has 0 spiro atoms. The molecule has 0 radical (unpaired) electrons. The Morgan fingerprint density at radius 2 is 2.00 bits per heavy atom. The largest absolute Gasteiger partial charge is 0.481 e. The fourth-order valence-electron chi connectivity index (χ4n) is 2.97. The van der Waals surface area contributed by atoms with Gasteiger partial charge in [-0.1, -0.05) is 23.8 Å². The fourth-order valence-corrected chi connectivity index (χ4v) is 2.97. The van der Waals surface area contributed by atoms with Gasteiger partial charge in [0, 0.05) is 6.04 Å². The number of aryl methyl sites for hydroxylation is 2. The molecule has 1 heterocycles. The van der Waals surface area contributed by atoms with Crippen LogP contribution in [0.3, 0.4) is 0 Å². The zero-order valence-electron chi connectivity index (χ0n) is 11.9. The van der Waals surface area contributed by atoms with Crippen molar-refractivity contribution in [1.82, 2.24) is 4.90 Å². The quantitative estimate of drug-likeness (QED) is 0.886. The van der Waals surface area contributed by atoms with E-state index in [2.05, 4.69) is 36.9 Å². The van der Waals surface area contributed by atoms with Crippen LogP contribution >= 0.6 is 0 Å². The zero-order valence-corrected chi connectivity index (χ0v) is 11.9. The first-order valence-electron chi connectivity index (χ1n) is 7.08. The highest BCUT2D eigenvalue weighted by Gasteiger charge is 2.24. The standard InChI is InChI=1S/C16H23NO2/c1-12-5-6-14(13(2)9-12)10-15(11-16(18)19)17-7-3-4-8-17/h5-6,9,15H,3-4,7-8,10-11H2,1-2H3,(H,18,19). The molecule has 0 bridgehead atoms. The van der Waals surface area contributed by atoms with E-state index in [-0.39, 0.29) is 12.5 Å². The van der Waals surface area contributed by atoms with E-state index in [0.717, 1.165) is 19.5 Å². The third kappa shape index (κ3) is 3.80. The van der Waals surface area contributed by atoms with Crippen LogP contribution in [0, 0.1) is 13.8 Å². The minimum Gasteiger partial charge on any atom is -0.481 e. The highest BCUT2D eigenvalue weighted by molar-refractivity contribution is 5.67. The van der Waals surface area contributed by atoms with Crippen molar-refractivity contribution >= 4 is 5.97 Å². The summed E-state index contributed by atoms with van der Waals surface area (Å²) in [4.78, 5) is 13.4. The molecule has 1 aromatic carbocycles. The lowest BCUT2D eigenvalue weighted by atomic mass is 9.97. The van der Waals surface area contributed by atoms with Crippen LogP contribution < -0.4 is 0 Å². The van der Waals surface area contributed by atoms with Gasteiger partial charge in [-0.25, -0.2) is 0 Å². The maximum atomic E-state index is 11.1. The van der Waals surface area contributed by atoms with Crippen molar-refractivity contribution in [3.8, 4) is 0 Å². The smallest absolute Gasteiger partial charge is 0.304 e. The van der Waals surface area contributed by atoms with Crippen LogP contribution in [0.2, 0.25) is 0 Å². The maximum Gasteiger partial charge on any atom is 0.304 e. The van der Waals surface area contributed by atoms with E-state index in [4.69, 9.17) is 5.11 Å². The summed E-state index contributed by atoms with van der Waals surface area (Å²) in [5.74, 6) is -0.693. The normalized spacial score (nSPS) is 17.6. The molecule has 1 aliphatic rings. The minimum atomic E-state index is -0.693. The summed E-state index contributed by atoms with van der Waals surface area (Å²) in [7, 11) is 0. The molecule has 1 unspecified atom stereocenters. The lowest BCUT2D eigenvalue weighted by Crippen LogP contribution is -2.36. The third-order valence-electron chi connectivity index (χ3n) is 4.02. The average molecular weight is 261 g/mol. The summed E-state index contributed by atoms with van der Waals surface area (Å²) in [5, 5.41) is 9.11. The van der Waals surface area contributed by atoms with Gasteiger partial charge in [-0.05, 0) is 57.3 Å². The molecule has 3 heteroatoms. The Labute approximate surface area is 115 Å². The number of carbonyl (C=O) groups is 1. The van der Waals surface area contributed by atoms with Gasteiger partial charge in [0.1, 0.15) is 0 Å². The van der Waals surface area contributed by atoms with Crippen molar-refractivity contribution < 1.29 is 9.90 Å². The Kier molecular flexibility index (Phi) is 4.59. The molecular formula is C16H23NO2. The first kappa shape index (κ1) is 14.1. The lowest BCUT2D eigenvalue weighted by Gasteiger charge is -2.27. The molecule has 1 saturated heterocycles. The predicted octanol–water partition coefficient (Wildman–Crippen LogP) is 2.79. The summed E-state index contributed by atoms with van der Waals surface area (Å²) in [6.45, 7) is 6.29. The SMILES string of the molecule is Cc1ccc(CC(CC(=O)O)N2CCCC2)c(C)c1. The fraction of sp³-hybridized carbons (Fsp3) is 0.562. The van der Waals surface area contributed by atoms with E-state index in [9.17, 15) is 4.79 Å². The van der Waals surface area contributed by atoms with Gasteiger partial charge >= 0.3 is 5.97 Å². The van der Waals surface area contributed by atoms with E-state index < -0.39 is 5.97 Å². The van der Waals surface area contributed by atoms with Crippen LogP contribution in [-0.2, 0) is 11.2 Å². The van der Waals surface area contributed by atoms with E-state index in [1.807, 2.05) is 0 Å². The van der Waals surface area contributed by atoms with Gasteiger partial charge in [-0.3, -0.25) is 9.69 Å². The topological polar surface area (TPSA) is 40.5 Å². The molecule has 104 valence electrons. The second-order valence-electron chi connectivity index (χ2n) is 5.63. The summed E-state index contributed by atoms with van der Waals surface area (Å²) in [5.41, 5.74) is 3.82. The van der Waals surface area contributed by atoms with Gasteiger partial charge in [-0.15, -0.1) is 0 Å². The van der Waals surface area contributed by atoms with Gasteiger partial charge < -0.3 is 5.11 Å². The van der Waals surface area contributed by atoms with Crippen molar-refractivity contribution in [2.75, 3.05) is 13.1 Å². The molecule has 0 saturated carbocycles. The lowest BCUT2D eigenvalue weighted by molar-refractivity contribution is -0.138. The van der Waals surface area contributed by atoms with Crippen LogP contribution in [0.25, 0.3) is 0 Å². The van der Waals surface area contributed by atoms with Crippen LogP contribution in [0.4, 0.5) is 0 Å². The predicted molar refractivity (Wildman–Crippen MR) is 76.5 cm³/mol. The highest BCUT2D eigenvalue weighted by atomic mass is 16.4. The molecule has 19 heavy (non-hydrogen) atoms. The summed E-state index contributed by atoms with van der Waals surface area (Å²) < 4.78 is 0. The van der Waals surface area contributed by atoms with Gasteiger partial charge in [0.25, 0.3) is 0 Å². The molecule has 2 rings (SSSR count). The second-order valence-corrected chi connectivity index (χ2v) is 5.63. The van der Waals surface area contributed by atoms with Crippen LogP contribution in [0.5, 0.6) is 0 Å². The second kappa shape index (κ2) is 6.20. The summed E-state index contributed by atoms with van der Waals surface area (Å²) >= 11 is 0. The summed E-state index contributed by atoms with van der Waals surface area (Å²) in [6.07, 6.45) is 3.48. The van der Waals surface area contributed by atoms with Gasteiger partial charge in [0.15, 0.2) is 0 Å². The molecule has 1 aliphatic heterocycles. The molecule has 1 aromatic rings. The van der Waals surface area contributed by atoms with Gasteiger partial charge in [0.2, 0.25) is 0 Å². The highest BCUT2D eigenvalue weighted by Crippen LogP contribution is 2.20. The molecule has 1 fully saturated rings. The van der Waals surface area contributed by atoms with Crippen molar-refractivity contribution in [3.05, 3.63) is 34.9 Å². The molecule has 0 aromatic heterocycles. The van der Waals surface area contributed by atoms with Crippen LogP contribution in [-0.4, -0.2) is 35.1 Å².